The van der Waals surface area contributed by atoms with E-state index in [0.717, 1.165) is 12.1 Å². The van der Waals surface area contributed by atoms with Gasteiger partial charge in [-0.2, -0.15) is 0 Å². The fourth-order valence-corrected chi connectivity index (χ4v) is 3.50. The summed E-state index contributed by atoms with van der Waals surface area (Å²) < 4.78 is 43.8. The first kappa shape index (κ1) is 20.1. The van der Waals surface area contributed by atoms with Gasteiger partial charge in [-0.05, 0) is 30.3 Å². The van der Waals surface area contributed by atoms with E-state index >= 15 is 0 Å². The van der Waals surface area contributed by atoms with Crippen LogP contribution in [0.4, 0.5) is 10.1 Å². The molecular weight excluding hydrogens is 387 g/mol. The molecule has 10 heteroatoms. The second-order valence-corrected chi connectivity index (χ2v) is 7.36. The van der Waals surface area contributed by atoms with Crippen LogP contribution in [0.25, 0.3) is 0 Å². The number of hydrogen-bond acceptors (Lipinski definition) is 5. The number of hydroxylamine groups is 1. The molecule has 0 saturated heterocycles. The molecule has 0 fully saturated rings. The maximum atomic E-state index is 13.7. The van der Waals surface area contributed by atoms with Gasteiger partial charge in [0.2, 0.25) is 0 Å². The lowest BCUT2D eigenvalue weighted by atomic mass is 10.2. The van der Waals surface area contributed by atoms with Gasteiger partial charge >= 0.3 is 0 Å². The average molecular weight is 403 g/mol. The zero-order valence-electron chi connectivity index (χ0n) is 14.1. The number of halogens is 2. The Labute approximate surface area is 155 Å². The number of nitrogens with one attached hydrogen (secondary N) is 1. The standard InChI is InChI=1S/C16H16ClFN2O5S/c1-20(25-3)26(22,23)15-8-10(4-6-12(15)17)16(21)19-11-5-7-14(24-2)13(18)9-11/h4-9H,1-3H3,(H,19,21). The van der Waals surface area contributed by atoms with E-state index < -0.39 is 21.7 Å². The number of ether oxygens (including phenoxy) is 1. The average Bonchev–Trinajstić information content (AvgIpc) is 2.61. The van der Waals surface area contributed by atoms with Crippen LogP contribution in [0.1, 0.15) is 10.4 Å². The smallest absolute Gasteiger partial charge is 0.266 e. The molecule has 7 nitrogen and oxygen atoms in total. The van der Waals surface area contributed by atoms with Crippen LogP contribution in [0.3, 0.4) is 0 Å². The Bertz CT molecular complexity index is 936. The first-order valence-electron chi connectivity index (χ1n) is 7.18. The van der Waals surface area contributed by atoms with Gasteiger partial charge in [0.15, 0.2) is 11.6 Å². The molecule has 0 aliphatic rings. The number of carbonyl (C=O) groups excluding carboxylic acids is 1. The summed E-state index contributed by atoms with van der Waals surface area (Å²) >= 11 is 5.94. The van der Waals surface area contributed by atoms with Gasteiger partial charge in [0, 0.05) is 24.4 Å². The monoisotopic (exact) mass is 402 g/mol. The number of amides is 1. The molecule has 2 rings (SSSR count). The molecule has 26 heavy (non-hydrogen) atoms. The molecular formula is C16H16ClFN2O5S. The van der Waals surface area contributed by atoms with E-state index in [4.69, 9.17) is 16.3 Å². The van der Waals surface area contributed by atoms with E-state index in [-0.39, 0.29) is 26.9 Å². The van der Waals surface area contributed by atoms with Gasteiger partial charge in [0.25, 0.3) is 15.9 Å². The molecule has 0 radical (unpaired) electrons. The maximum Gasteiger partial charge on any atom is 0.266 e. The van der Waals surface area contributed by atoms with Crippen LogP contribution in [0.15, 0.2) is 41.3 Å². The molecule has 0 spiro atoms. The van der Waals surface area contributed by atoms with E-state index in [0.29, 0.717) is 4.47 Å². The Morgan fingerprint density at radius 3 is 2.46 bits per heavy atom. The van der Waals surface area contributed by atoms with Crippen LogP contribution >= 0.6 is 11.6 Å². The number of methoxy groups -OCH3 is 1. The minimum absolute atomic E-state index is 0.0219. The molecule has 1 amide bonds. The van der Waals surface area contributed by atoms with Gasteiger partial charge in [0.1, 0.15) is 4.90 Å². The number of carbonyl (C=O) groups is 1. The van der Waals surface area contributed by atoms with E-state index in [1.807, 2.05) is 0 Å². The molecule has 1 N–H and O–H groups in total. The van der Waals surface area contributed by atoms with Gasteiger partial charge in [0.05, 0.1) is 19.2 Å². The summed E-state index contributed by atoms with van der Waals surface area (Å²) in [6.07, 6.45) is 0. The highest BCUT2D eigenvalue weighted by molar-refractivity contribution is 7.89. The van der Waals surface area contributed by atoms with Gasteiger partial charge in [-0.15, -0.1) is 0 Å². The molecule has 0 aliphatic heterocycles. The Kier molecular flexibility index (Phi) is 6.19. The third-order valence-corrected chi connectivity index (χ3v) is 5.64. The summed E-state index contributed by atoms with van der Waals surface area (Å²) in [7, 11) is -0.345. The van der Waals surface area contributed by atoms with Crippen molar-refractivity contribution in [3.8, 4) is 5.75 Å². The summed E-state index contributed by atoms with van der Waals surface area (Å²) in [6, 6.07) is 7.64. The predicted octanol–water partition coefficient (Wildman–Crippen LogP) is 2.92. The van der Waals surface area contributed by atoms with E-state index in [1.54, 1.807) is 0 Å². The fraction of sp³-hybridized carbons (Fsp3) is 0.188. The second-order valence-electron chi connectivity index (χ2n) is 5.05. The summed E-state index contributed by atoms with van der Waals surface area (Å²) in [5, 5.41) is 2.41. The Morgan fingerprint density at radius 2 is 1.88 bits per heavy atom. The van der Waals surface area contributed by atoms with Crippen molar-refractivity contribution in [2.24, 2.45) is 0 Å². The molecule has 0 bridgehead atoms. The van der Waals surface area contributed by atoms with Crippen LogP contribution in [0.5, 0.6) is 5.75 Å². The maximum absolute atomic E-state index is 13.7. The van der Waals surface area contributed by atoms with Crippen molar-refractivity contribution in [2.45, 2.75) is 4.90 Å². The SMILES string of the molecule is COc1ccc(NC(=O)c2ccc(Cl)c(S(=O)(=O)N(C)OC)c2)cc1F. The van der Waals surface area contributed by atoms with Crippen LogP contribution < -0.4 is 10.1 Å². The quantitative estimate of drug-likeness (QED) is 0.751. The highest BCUT2D eigenvalue weighted by atomic mass is 35.5. The molecule has 0 heterocycles. The van der Waals surface area contributed by atoms with E-state index in [1.165, 1.54) is 45.5 Å². The van der Waals surface area contributed by atoms with Crippen molar-refractivity contribution in [3.63, 3.8) is 0 Å². The third-order valence-electron chi connectivity index (χ3n) is 3.48. The van der Waals surface area contributed by atoms with Gasteiger partial charge in [-0.25, -0.2) is 12.8 Å². The third kappa shape index (κ3) is 4.13. The summed E-state index contributed by atoms with van der Waals surface area (Å²) in [5.74, 6) is -1.25. The van der Waals surface area contributed by atoms with Crippen molar-refractivity contribution in [3.05, 3.63) is 52.8 Å². The van der Waals surface area contributed by atoms with E-state index in [2.05, 4.69) is 10.2 Å². The minimum Gasteiger partial charge on any atom is -0.494 e. The van der Waals surface area contributed by atoms with Crippen LogP contribution in [0.2, 0.25) is 5.02 Å². The number of sulfonamides is 1. The lowest BCUT2D eigenvalue weighted by Gasteiger charge is -2.16. The van der Waals surface area contributed by atoms with Crippen LogP contribution in [0, 0.1) is 5.82 Å². The summed E-state index contributed by atoms with van der Waals surface area (Å²) in [6.45, 7) is 0. The van der Waals surface area contributed by atoms with Gasteiger partial charge in [-0.1, -0.05) is 16.1 Å². The van der Waals surface area contributed by atoms with Crippen molar-refractivity contribution < 1.29 is 27.2 Å². The molecule has 0 saturated carbocycles. The Morgan fingerprint density at radius 1 is 1.19 bits per heavy atom. The Balaban J connectivity index is 2.33. The molecule has 2 aromatic carbocycles. The highest BCUT2D eigenvalue weighted by Gasteiger charge is 2.25. The molecule has 0 unspecified atom stereocenters. The lowest BCUT2D eigenvalue weighted by molar-refractivity contribution is -0.0258. The topological polar surface area (TPSA) is 84.9 Å². The zero-order valence-corrected chi connectivity index (χ0v) is 15.7. The summed E-state index contributed by atoms with van der Waals surface area (Å²) in [5.41, 5.74) is 0.204. The second kappa shape index (κ2) is 8.00. The fourth-order valence-electron chi connectivity index (χ4n) is 2.03. The molecule has 140 valence electrons. The predicted molar refractivity (Wildman–Crippen MR) is 94.3 cm³/mol. The largest absolute Gasteiger partial charge is 0.494 e. The van der Waals surface area contributed by atoms with Gasteiger partial charge in [-0.3, -0.25) is 9.63 Å². The summed E-state index contributed by atoms with van der Waals surface area (Å²) in [4.78, 5) is 16.8. The first-order chi connectivity index (χ1) is 12.2. The van der Waals surface area contributed by atoms with Crippen LogP contribution in [-0.4, -0.2) is 40.1 Å². The van der Waals surface area contributed by atoms with Crippen molar-refractivity contribution in [1.82, 2.24) is 4.47 Å². The van der Waals surface area contributed by atoms with Crippen molar-refractivity contribution in [1.29, 1.82) is 0 Å². The minimum atomic E-state index is -4.04. The molecule has 0 aromatic heterocycles. The number of rotatable bonds is 6. The molecule has 2 aromatic rings. The molecule has 0 atom stereocenters. The number of anilines is 1. The number of hydrogen-bond donors (Lipinski definition) is 1. The molecule has 0 aliphatic carbocycles. The number of nitrogens with zero attached hydrogens (tertiary/aromatic N) is 1. The first-order valence-corrected chi connectivity index (χ1v) is 9.00. The van der Waals surface area contributed by atoms with E-state index in [9.17, 15) is 17.6 Å². The van der Waals surface area contributed by atoms with Gasteiger partial charge < -0.3 is 10.1 Å². The highest BCUT2D eigenvalue weighted by Crippen LogP contribution is 2.26. The van der Waals surface area contributed by atoms with Crippen molar-refractivity contribution >= 4 is 33.2 Å². The number of benzene rings is 2. The van der Waals surface area contributed by atoms with Crippen molar-refractivity contribution in [2.75, 3.05) is 26.6 Å². The zero-order chi connectivity index (χ0) is 19.5. The lowest BCUT2D eigenvalue weighted by Crippen LogP contribution is -2.26. The Hall–Kier alpha value is -2.20. The van der Waals surface area contributed by atoms with Crippen LogP contribution in [-0.2, 0) is 14.9 Å². The normalized spacial score (nSPS) is 11.5.